The quantitative estimate of drug-likeness (QED) is 0.512. The Morgan fingerprint density at radius 2 is 1.13 bits per heavy atom. The fourth-order valence-corrected chi connectivity index (χ4v) is 10.6. The van der Waals surface area contributed by atoms with Crippen molar-refractivity contribution in [3.8, 4) is 0 Å². The van der Waals surface area contributed by atoms with Crippen LogP contribution in [-0.2, 0) is 9.59 Å². The lowest BCUT2D eigenvalue weighted by Crippen LogP contribution is -2.46. The smallest absolute Gasteiger partial charge is 0.237 e. The predicted octanol–water partition coefficient (Wildman–Crippen LogP) is 3.23. The van der Waals surface area contributed by atoms with E-state index >= 15 is 0 Å². The summed E-state index contributed by atoms with van der Waals surface area (Å²) in [6.45, 7) is 3.22. The fourth-order valence-electron chi connectivity index (χ4n) is 3.26. The van der Waals surface area contributed by atoms with Crippen LogP contribution in [0.5, 0.6) is 0 Å². The van der Waals surface area contributed by atoms with E-state index in [9.17, 15) is 9.59 Å². The third kappa shape index (κ3) is 3.89. The lowest BCUT2D eigenvalue weighted by atomic mass is 10.1. The molecule has 9 heteroatoms. The maximum atomic E-state index is 11.7. The second kappa shape index (κ2) is 7.44. The van der Waals surface area contributed by atoms with Crippen LogP contribution < -0.4 is 0 Å². The van der Waals surface area contributed by atoms with E-state index in [1.54, 1.807) is 0 Å². The Bertz CT molecular complexity index is 437. The van der Waals surface area contributed by atoms with Crippen molar-refractivity contribution in [3.05, 3.63) is 0 Å². The summed E-state index contributed by atoms with van der Waals surface area (Å²) in [4.78, 5) is 27.2. The van der Waals surface area contributed by atoms with Gasteiger partial charge in [0, 0.05) is 26.2 Å². The molecule has 0 bridgehead atoms. The van der Waals surface area contributed by atoms with Gasteiger partial charge in [-0.2, -0.15) is 0 Å². The molecule has 0 aromatic carbocycles. The zero-order chi connectivity index (χ0) is 16.5. The van der Waals surface area contributed by atoms with Crippen molar-refractivity contribution in [3.63, 3.8) is 0 Å². The molecule has 2 spiro atoms. The highest BCUT2D eigenvalue weighted by Gasteiger charge is 2.53. The molecule has 0 unspecified atom stereocenters. The van der Waals surface area contributed by atoms with Crippen LogP contribution in [0.1, 0.15) is 25.7 Å². The van der Waals surface area contributed by atoms with E-state index in [0.717, 1.165) is 51.9 Å². The van der Waals surface area contributed by atoms with Crippen LogP contribution in [0.2, 0.25) is 0 Å². The average molecular weight is 415 g/mol. The maximum Gasteiger partial charge on any atom is 0.237 e. The number of likely N-dealkylation sites (tertiary alicyclic amines) is 2. The van der Waals surface area contributed by atoms with Crippen LogP contribution in [0, 0.1) is 0 Å². The molecule has 0 aromatic rings. The van der Waals surface area contributed by atoms with Gasteiger partial charge >= 0.3 is 0 Å². The molecular formula is C14H20Cl2N2O2S3. The summed E-state index contributed by atoms with van der Waals surface area (Å²) in [5, 5.41) is 0. The zero-order valence-corrected chi connectivity index (χ0v) is 16.7. The monoisotopic (exact) mass is 414 g/mol. The van der Waals surface area contributed by atoms with Gasteiger partial charge < -0.3 is 9.80 Å². The molecular weight excluding hydrogens is 395 g/mol. The second-order valence-corrected chi connectivity index (χ2v) is 11.8. The Hall–Kier alpha value is 0.570. The minimum atomic E-state index is 0.0461. The lowest BCUT2D eigenvalue weighted by molar-refractivity contribution is -0.130. The predicted molar refractivity (Wildman–Crippen MR) is 101 cm³/mol. The largest absolute Gasteiger partial charge is 0.341 e. The molecule has 0 aromatic heterocycles. The number of amides is 2. The van der Waals surface area contributed by atoms with Crippen LogP contribution in [0.4, 0.5) is 0 Å². The van der Waals surface area contributed by atoms with Crippen LogP contribution in [-0.4, -0.2) is 67.7 Å². The summed E-state index contributed by atoms with van der Waals surface area (Å²) in [7, 11) is 3.97. The molecule has 3 saturated heterocycles. The molecule has 3 fully saturated rings. The van der Waals surface area contributed by atoms with Crippen LogP contribution in [0.15, 0.2) is 0 Å². The number of nitrogens with zero attached hydrogens (tertiary/aromatic N) is 2. The number of piperidine rings is 2. The first-order valence-corrected chi connectivity index (χ1v) is 11.8. The fraction of sp³-hybridized carbons (Fsp3) is 0.857. The summed E-state index contributed by atoms with van der Waals surface area (Å²) in [5.74, 6) is 0.252. The van der Waals surface area contributed by atoms with E-state index < -0.39 is 0 Å². The number of rotatable bonds is 2. The normalized spacial score (nSPS) is 26.0. The van der Waals surface area contributed by atoms with Gasteiger partial charge in [-0.15, -0.1) is 35.0 Å². The number of hydrogen-bond acceptors (Lipinski definition) is 5. The Kier molecular flexibility index (Phi) is 5.94. The van der Waals surface area contributed by atoms with Crippen molar-refractivity contribution in [2.24, 2.45) is 0 Å². The van der Waals surface area contributed by atoms with Crippen molar-refractivity contribution in [1.29, 1.82) is 0 Å². The van der Waals surface area contributed by atoms with E-state index in [1.807, 2.05) is 31.4 Å². The van der Waals surface area contributed by atoms with Gasteiger partial charge in [0.05, 0.1) is 8.16 Å². The molecule has 0 radical (unpaired) electrons. The number of thioether (sulfide) groups is 1. The topological polar surface area (TPSA) is 40.6 Å². The highest BCUT2D eigenvalue weighted by molar-refractivity contribution is 8.83. The summed E-state index contributed by atoms with van der Waals surface area (Å²) >= 11 is 13.4. The molecule has 4 nitrogen and oxygen atoms in total. The van der Waals surface area contributed by atoms with Gasteiger partial charge in [-0.05, 0) is 25.7 Å². The number of hydrogen-bond donors (Lipinski definition) is 0. The zero-order valence-electron chi connectivity index (χ0n) is 12.8. The van der Waals surface area contributed by atoms with Crippen molar-refractivity contribution in [2.45, 2.75) is 33.8 Å². The van der Waals surface area contributed by atoms with E-state index in [0.29, 0.717) is 0 Å². The average Bonchev–Trinajstić information content (AvgIpc) is 2.93. The van der Waals surface area contributed by atoms with Crippen molar-refractivity contribution < 1.29 is 9.59 Å². The molecule has 3 aliphatic rings. The minimum absolute atomic E-state index is 0.0461. The van der Waals surface area contributed by atoms with E-state index in [1.165, 1.54) is 0 Å². The van der Waals surface area contributed by atoms with E-state index in [2.05, 4.69) is 11.8 Å². The van der Waals surface area contributed by atoms with Gasteiger partial charge in [0.2, 0.25) is 11.8 Å². The summed E-state index contributed by atoms with van der Waals surface area (Å²) in [6, 6.07) is 0. The van der Waals surface area contributed by atoms with Crippen LogP contribution in [0.3, 0.4) is 0 Å². The molecule has 0 aliphatic carbocycles. The van der Waals surface area contributed by atoms with Crippen molar-refractivity contribution in [2.75, 3.05) is 37.9 Å². The standard InChI is InChI=1S/C14H20Cl2N2O2S3/c15-9-11(19)17-5-1-13(2-6-17)21-14(23-22-13)3-7-18(8-4-14)12(20)10-16/h1-10H2. The molecule has 3 rings (SSSR count). The Morgan fingerprint density at radius 1 is 0.783 bits per heavy atom. The maximum absolute atomic E-state index is 11.7. The molecule has 3 aliphatic heterocycles. The SMILES string of the molecule is O=C(CCl)N1CCC2(CC1)SSC1(CCN(C(=O)CCl)CC1)S2. The van der Waals surface area contributed by atoms with E-state index in [-0.39, 0.29) is 31.7 Å². The highest BCUT2D eigenvalue weighted by atomic mass is 35.5. The van der Waals surface area contributed by atoms with Gasteiger partial charge in [0.1, 0.15) is 11.8 Å². The van der Waals surface area contributed by atoms with E-state index in [4.69, 9.17) is 23.2 Å². The molecule has 0 atom stereocenters. The first-order valence-electron chi connectivity index (χ1n) is 7.76. The Balaban J connectivity index is 1.55. The Morgan fingerprint density at radius 3 is 1.43 bits per heavy atom. The Labute approximate surface area is 159 Å². The van der Waals surface area contributed by atoms with Gasteiger partial charge in [-0.3, -0.25) is 9.59 Å². The molecule has 0 saturated carbocycles. The third-order valence-corrected chi connectivity index (χ3v) is 12.0. The molecule has 3 heterocycles. The number of halogens is 2. The summed E-state index contributed by atoms with van der Waals surface area (Å²) in [5.41, 5.74) is 0. The van der Waals surface area contributed by atoms with Gasteiger partial charge in [-0.1, -0.05) is 21.6 Å². The first kappa shape index (κ1) is 18.4. The first-order chi connectivity index (χ1) is 11.0. The van der Waals surface area contributed by atoms with Gasteiger partial charge in [-0.25, -0.2) is 0 Å². The van der Waals surface area contributed by atoms with Gasteiger partial charge in [0.25, 0.3) is 0 Å². The molecule has 0 N–H and O–H groups in total. The summed E-state index contributed by atoms with van der Waals surface area (Å²) in [6.07, 6.45) is 4.07. The number of carbonyl (C=O) groups excluding carboxylic acids is 2. The van der Waals surface area contributed by atoms with Gasteiger partial charge in [0.15, 0.2) is 0 Å². The minimum Gasteiger partial charge on any atom is -0.341 e. The summed E-state index contributed by atoms with van der Waals surface area (Å²) < 4.78 is 0.429. The van der Waals surface area contributed by atoms with Crippen LogP contribution >= 0.6 is 56.6 Å². The molecule has 23 heavy (non-hydrogen) atoms. The second-order valence-electron chi connectivity index (χ2n) is 6.12. The number of alkyl halides is 2. The highest BCUT2D eigenvalue weighted by Crippen LogP contribution is 2.70. The third-order valence-electron chi connectivity index (χ3n) is 4.70. The van der Waals surface area contributed by atoms with Crippen molar-refractivity contribution >= 4 is 68.4 Å². The molecule has 2 amide bonds. The van der Waals surface area contributed by atoms with Crippen molar-refractivity contribution in [1.82, 2.24) is 9.80 Å². The number of carbonyl (C=O) groups is 2. The van der Waals surface area contributed by atoms with Crippen LogP contribution in [0.25, 0.3) is 0 Å². The lowest BCUT2D eigenvalue weighted by Gasteiger charge is -2.41. The molecule has 130 valence electrons.